The number of hydrogen-bond acceptors (Lipinski definition) is 2. The van der Waals surface area contributed by atoms with Crippen LogP contribution >= 0.6 is 27.5 Å². The Morgan fingerprint density at radius 2 is 2.16 bits per heavy atom. The van der Waals surface area contributed by atoms with E-state index in [1.165, 1.54) is 0 Å². The second-order valence-corrected chi connectivity index (χ2v) is 5.48. The third-order valence-electron chi connectivity index (χ3n) is 2.54. The molecule has 0 atom stereocenters. The fourth-order valence-corrected chi connectivity index (χ4v) is 2.29. The van der Waals surface area contributed by atoms with Crippen LogP contribution in [-0.2, 0) is 11.2 Å². The topological polar surface area (TPSA) is 42.0 Å². The molecule has 5 heteroatoms. The molecule has 1 amide bonds. The molecule has 0 aliphatic rings. The number of benzene rings is 1. The van der Waals surface area contributed by atoms with Crippen molar-refractivity contribution in [1.82, 2.24) is 4.98 Å². The number of carbonyl (C=O) groups is 1. The van der Waals surface area contributed by atoms with Crippen molar-refractivity contribution in [2.24, 2.45) is 0 Å². The Morgan fingerprint density at radius 1 is 1.37 bits per heavy atom. The number of halogens is 2. The van der Waals surface area contributed by atoms with Crippen LogP contribution in [0.3, 0.4) is 0 Å². The summed E-state index contributed by atoms with van der Waals surface area (Å²) in [6, 6.07) is 9.11. The van der Waals surface area contributed by atoms with Gasteiger partial charge in [0.2, 0.25) is 5.91 Å². The lowest BCUT2D eigenvalue weighted by Crippen LogP contribution is -2.14. The lowest BCUT2D eigenvalue weighted by Gasteiger charge is -2.07. The molecular weight excluding hydrogens is 328 g/mol. The number of nitrogens with one attached hydrogen (secondary N) is 1. The number of carbonyl (C=O) groups excluding carboxylic acids is 1. The van der Waals surface area contributed by atoms with E-state index in [0.29, 0.717) is 10.7 Å². The molecule has 0 saturated heterocycles. The first-order valence-corrected chi connectivity index (χ1v) is 6.88. The predicted molar refractivity (Wildman–Crippen MR) is 80.5 cm³/mol. The zero-order valence-corrected chi connectivity index (χ0v) is 12.6. The maximum atomic E-state index is 11.9. The fraction of sp³-hybridized carbons (Fsp3) is 0.143. The van der Waals surface area contributed by atoms with Crippen LogP contribution in [0.2, 0.25) is 5.02 Å². The van der Waals surface area contributed by atoms with E-state index in [9.17, 15) is 4.79 Å². The summed E-state index contributed by atoms with van der Waals surface area (Å²) in [7, 11) is 0. The Hall–Kier alpha value is -1.39. The van der Waals surface area contributed by atoms with Gasteiger partial charge in [-0.1, -0.05) is 33.6 Å². The van der Waals surface area contributed by atoms with Crippen molar-refractivity contribution >= 4 is 39.1 Å². The van der Waals surface area contributed by atoms with Crippen molar-refractivity contribution in [3.05, 3.63) is 57.3 Å². The van der Waals surface area contributed by atoms with Gasteiger partial charge < -0.3 is 5.32 Å². The van der Waals surface area contributed by atoms with Gasteiger partial charge in [-0.15, -0.1) is 0 Å². The molecular formula is C14H12BrClN2O. The van der Waals surface area contributed by atoms with Crippen LogP contribution in [0.5, 0.6) is 0 Å². The van der Waals surface area contributed by atoms with E-state index in [4.69, 9.17) is 11.6 Å². The number of amides is 1. The van der Waals surface area contributed by atoms with E-state index in [2.05, 4.69) is 26.2 Å². The van der Waals surface area contributed by atoms with Crippen LogP contribution in [0.25, 0.3) is 0 Å². The Bertz CT molecular complexity index is 599. The predicted octanol–water partition coefficient (Wildman–Crippen LogP) is 3.99. The van der Waals surface area contributed by atoms with Crippen molar-refractivity contribution in [1.29, 1.82) is 0 Å². The average Bonchev–Trinajstić information content (AvgIpc) is 2.36. The van der Waals surface area contributed by atoms with Crippen molar-refractivity contribution in [2.75, 3.05) is 5.32 Å². The van der Waals surface area contributed by atoms with Gasteiger partial charge in [0, 0.05) is 16.4 Å². The summed E-state index contributed by atoms with van der Waals surface area (Å²) in [6.07, 6.45) is 1.98. The first-order chi connectivity index (χ1) is 9.04. The number of anilines is 1. The van der Waals surface area contributed by atoms with Gasteiger partial charge in [-0.3, -0.25) is 9.78 Å². The van der Waals surface area contributed by atoms with E-state index in [-0.39, 0.29) is 12.3 Å². The molecule has 98 valence electrons. The summed E-state index contributed by atoms with van der Waals surface area (Å²) < 4.78 is 0.873. The smallest absolute Gasteiger partial charge is 0.228 e. The SMILES string of the molecule is Cc1ccc(CC(=O)Nc2ccc(Br)cc2Cl)cn1. The number of aromatic nitrogens is 1. The fourth-order valence-electron chi connectivity index (χ4n) is 1.57. The molecule has 0 unspecified atom stereocenters. The van der Waals surface area contributed by atoms with Crippen molar-refractivity contribution in [2.45, 2.75) is 13.3 Å². The van der Waals surface area contributed by atoms with E-state index in [0.717, 1.165) is 15.7 Å². The number of rotatable bonds is 3. The van der Waals surface area contributed by atoms with Crippen LogP contribution in [0.15, 0.2) is 41.0 Å². The molecule has 0 saturated carbocycles. The number of pyridine rings is 1. The van der Waals surface area contributed by atoms with Gasteiger partial charge in [-0.25, -0.2) is 0 Å². The normalized spacial score (nSPS) is 10.3. The number of hydrogen-bond donors (Lipinski definition) is 1. The van der Waals surface area contributed by atoms with Gasteiger partial charge in [0.25, 0.3) is 0 Å². The molecule has 2 aromatic rings. The van der Waals surface area contributed by atoms with Crippen LogP contribution < -0.4 is 5.32 Å². The van der Waals surface area contributed by atoms with Gasteiger partial charge >= 0.3 is 0 Å². The first-order valence-electron chi connectivity index (χ1n) is 5.71. The van der Waals surface area contributed by atoms with E-state index < -0.39 is 0 Å². The van der Waals surface area contributed by atoms with Gasteiger partial charge in [0.1, 0.15) is 0 Å². The monoisotopic (exact) mass is 338 g/mol. The van der Waals surface area contributed by atoms with Crippen LogP contribution in [0.4, 0.5) is 5.69 Å². The minimum Gasteiger partial charge on any atom is -0.324 e. The highest BCUT2D eigenvalue weighted by molar-refractivity contribution is 9.10. The summed E-state index contributed by atoms with van der Waals surface area (Å²) in [4.78, 5) is 16.1. The molecule has 0 radical (unpaired) electrons. The van der Waals surface area contributed by atoms with Crippen LogP contribution in [-0.4, -0.2) is 10.9 Å². The van der Waals surface area contributed by atoms with Crippen LogP contribution in [0, 0.1) is 6.92 Å². The summed E-state index contributed by atoms with van der Waals surface area (Å²) >= 11 is 9.36. The summed E-state index contributed by atoms with van der Waals surface area (Å²) in [5, 5.41) is 3.29. The lowest BCUT2D eigenvalue weighted by molar-refractivity contribution is -0.115. The second kappa shape index (κ2) is 6.17. The van der Waals surface area contributed by atoms with Crippen LogP contribution in [0.1, 0.15) is 11.3 Å². The van der Waals surface area contributed by atoms with Crippen molar-refractivity contribution in [3.8, 4) is 0 Å². The lowest BCUT2D eigenvalue weighted by atomic mass is 10.2. The molecule has 1 heterocycles. The Balaban J connectivity index is 2.03. The van der Waals surface area contributed by atoms with E-state index in [1.807, 2.05) is 25.1 Å². The summed E-state index contributed by atoms with van der Waals surface area (Å²) in [5.74, 6) is -0.116. The largest absolute Gasteiger partial charge is 0.324 e. The molecule has 0 aliphatic heterocycles. The molecule has 0 fully saturated rings. The molecule has 1 N–H and O–H groups in total. The van der Waals surface area contributed by atoms with Gasteiger partial charge in [-0.05, 0) is 36.8 Å². The molecule has 2 rings (SSSR count). The van der Waals surface area contributed by atoms with E-state index in [1.54, 1.807) is 18.3 Å². The minimum absolute atomic E-state index is 0.116. The third kappa shape index (κ3) is 4.04. The quantitative estimate of drug-likeness (QED) is 0.919. The Labute approximate surface area is 125 Å². The van der Waals surface area contributed by atoms with Crippen molar-refractivity contribution in [3.63, 3.8) is 0 Å². The minimum atomic E-state index is -0.116. The van der Waals surface area contributed by atoms with Gasteiger partial charge in [-0.2, -0.15) is 0 Å². The van der Waals surface area contributed by atoms with Gasteiger partial charge in [0.15, 0.2) is 0 Å². The molecule has 0 bridgehead atoms. The standard InChI is InChI=1S/C14H12BrClN2O/c1-9-2-3-10(8-17-9)6-14(19)18-13-5-4-11(15)7-12(13)16/h2-5,7-8H,6H2,1H3,(H,18,19). The highest BCUT2D eigenvalue weighted by Crippen LogP contribution is 2.25. The molecule has 3 nitrogen and oxygen atoms in total. The second-order valence-electron chi connectivity index (χ2n) is 4.16. The highest BCUT2D eigenvalue weighted by Gasteiger charge is 2.07. The molecule has 19 heavy (non-hydrogen) atoms. The number of aryl methyl sites for hydroxylation is 1. The van der Waals surface area contributed by atoms with Gasteiger partial charge in [0.05, 0.1) is 17.1 Å². The maximum absolute atomic E-state index is 11.9. The number of nitrogens with zero attached hydrogens (tertiary/aromatic N) is 1. The summed E-state index contributed by atoms with van der Waals surface area (Å²) in [5.41, 5.74) is 2.41. The molecule has 1 aromatic carbocycles. The zero-order chi connectivity index (χ0) is 13.8. The first kappa shape index (κ1) is 14.0. The Morgan fingerprint density at radius 3 is 2.79 bits per heavy atom. The molecule has 0 aliphatic carbocycles. The molecule has 0 spiro atoms. The molecule has 1 aromatic heterocycles. The Kier molecular flexibility index (Phi) is 4.56. The zero-order valence-electron chi connectivity index (χ0n) is 10.3. The van der Waals surface area contributed by atoms with E-state index >= 15 is 0 Å². The van der Waals surface area contributed by atoms with Crippen molar-refractivity contribution < 1.29 is 4.79 Å². The maximum Gasteiger partial charge on any atom is 0.228 e. The third-order valence-corrected chi connectivity index (χ3v) is 3.35. The summed E-state index contributed by atoms with van der Waals surface area (Å²) in [6.45, 7) is 1.91. The highest BCUT2D eigenvalue weighted by atomic mass is 79.9. The average molecular weight is 340 g/mol.